The Hall–Kier alpha value is -0.930. The van der Waals surface area contributed by atoms with Crippen molar-refractivity contribution in [2.75, 3.05) is 13.1 Å². The van der Waals surface area contributed by atoms with Gasteiger partial charge >= 0.3 is 0 Å². The molecule has 1 aliphatic carbocycles. The zero-order chi connectivity index (χ0) is 11.9. The van der Waals surface area contributed by atoms with E-state index in [0.717, 1.165) is 31.5 Å². The third-order valence-corrected chi connectivity index (χ3v) is 4.43. The largest absolute Gasteiger partial charge is 0.385 e. The molecule has 2 N–H and O–H groups in total. The van der Waals surface area contributed by atoms with Crippen molar-refractivity contribution in [2.45, 2.75) is 24.9 Å². The Bertz CT molecular complexity index is 405. The fourth-order valence-corrected chi connectivity index (χ4v) is 3.51. The number of fused-ring (bicyclic) bond motifs is 1. The molecule has 3 heteroatoms. The molecule has 17 heavy (non-hydrogen) atoms. The fraction of sp³-hybridized carbons (Fsp3) is 0.571. The zero-order valence-electron chi connectivity index (χ0n) is 9.82. The Morgan fingerprint density at radius 1 is 1.24 bits per heavy atom. The highest BCUT2D eigenvalue weighted by molar-refractivity contribution is 5.25. The average Bonchev–Trinajstić information content (AvgIpc) is 2.80. The van der Waals surface area contributed by atoms with Crippen LogP contribution in [-0.2, 0) is 5.60 Å². The second kappa shape index (κ2) is 4.07. The molecule has 3 rings (SSSR count). The lowest BCUT2D eigenvalue weighted by Gasteiger charge is -2.41. The molecule has 2 fully saturated rings. The maximum absolute atomic E-state index is 13.0. The number of benzene rings is 1. The van der Waals surface area contributed by atoms with Crippen LogP contribution in [0.2, 0.25) is 0 Å². The highest BCUT2D eigenvalue weighted by Gasteiger charge is 2.47. The number of rotatable bonds is 1. The number of hydrogen-bond donors (Lipinski definition) is 2. The monoisotopic (exact) mass is 235 g/mol. The van der Waals surface area contributed by atoms with Gasteiger partial charge in [0.2, 0.25) is 0 Å². The quantitative estimate of drug-likeness (QED) is 0.780. The lowest BCUT2D eigenvalue weighted by Crippen LogP contribution is -2.42. The van der Waals surface area contributed by atoms with Crippen molar-refractivity contribution in [3.05, 3.63) is 35.6 Å². The van der Waals surface area contributed by atoms with Gasteiger partial charge in [-0.05, 0) is 49.4 Å². The molecule has 0 radical (unpaired) electrons. The smallest absolute Gasteiger partial charge is 0.123 e. The van der Waals surface area contributed by atoms with Gasteiger partial charge < -0.3 is 10.4 Å². The lowest BCUT2D eigenvalue weighted by molar-refractivity contribution is -0.0634. The van der Waals surface area contributed by atoms with Gasteiger partial charge in [0.1, 0.15) is 5.82 Å². The minimum atomic E-state index is -0.764. The average molecular weight is 235 g/mol. The Balaban J connectivity index is 1.95. The summed E-state index contributed by atoms with van der Waals surface area (Å²) in [5, 5.41) is 14.3. The first-order valence-corrected chi connectivity index (χ1v) is 6.39. The molecule has 92 valence electrons. The third-order valence-electron chi connectivity index (χ3n) is 4.43. The Morgan fingerprint density at radius 3 is 2.76 bits per heavy atom. The Kier molecular flexibility index (Phi) is 2.68. The summed E-state index contributed by atoms with van der Waals surface area (Å²) in [7, 11) is 0. The molecule has 3 atom stereocenters. The maximum Gasteiger partial charge on any atom is 0.123 e. The summed E-state index contributed by atoms with van der Waals surface area (Å²) in [6, 6.07) is 6.35. The van der Waals surface area contributed by atoms with Crippen molar-refractivity contribution in [1.29, 1.82) is 0 Å². The van der Waals surface area contributed by atoms with E-state index in [-0.39, 0.29) is 11.7 Å². The molecule has 1 aromatic rings. The summed E-state index contributed by atoms with van der Waals surface area (Å²) in [4.78, 5) is 0. The van der Waals surface area contributed by atoms with Crippen molar-refractivity contribution in [2.24, 2.45) is 11.8 Å². The summed E-state index contributed by atoms with van der Waals surface area (Å²) in [5.41, 5.74) is 0.109. The van der Waals surface area contributed by atoms with Gasteiger partial charge in [0.05, 0.1) is 5.60 Å². The van der Waals surface area contributed by atoms with Crippen LogP contribution in [0.25, 0.3) is 0 Å². The molecule has 1 saturated heterocycles. The molecular formula is C14H18FNO. The summed E-state index contributed by atoms with van der Waals surface area (Å²) >= 11 is 0. The fourth-order valence-electron chi connectivity index (χ4n) is 3.51. The number of aliphatic hydroxyl groups is 1. The molecule has 0 bridgehead atoms. The lowest BCUT2D eigenvalue weighted by atomic mass is 9.67. The topological polar surface area (TPSA) is 32.3 Å². The van der Waals surface area contributed by atoms with E-state index in [1.807, 2.05) is 0 Å². The number of nitrogens with one attached hydrogen (secondary N) is 1. The highest BCUT2D eigenvalue weighted by atomic mass is 19.1. The van der Waals surface area contributed by atoms with E-state index in [9.17, 15) is 9.50 Å². The van der Waals surface area contributed by atoms with E-state index in [1.54, 1.807) is 12.1 Å². The molecule has 0 unspecified atom stereocenters. The van der Waals surface area contributed by atoms with Crippen LogP contribution in [0.15, 0.2) is 24.3 Å². The molecule has 0 amide bonds. The van der Waals surface area contributed by atoms with E-state index in [2.05, 4.69) is 5.32 Å². The summed E-state index contributed by atoms with van der Waals surface area (Å²) in [6.45, 7) is 1.88. The molecule has 1 saturated carbocycles. The summed E-state index contributed by atoms with van der Waals surface area (Å²) in [5.74, 6) is 0.606. The van der Waals surface area contributed by atoms with E-state index in [0.29, 0.717) is 5.92 Å². The van der Waals surface area contributed by atoms with Crippen molar-refractivity contribution < 1.29 is 9.50 Å². The minimum Gasteiger partial charge on any atom is -0.385 e. The Labute approximate surface area is 101 Å². The molecule has 0 aromatic heterocycles. The first-order chi connectivity index (χ1) is 8.20. The van der Waals surface area contributed by atoms with Gasteiger partial charge in [-0.1, -0.05) is 12.1 Å². The van der Waals surface area contributed by atoms with E-state index >= 15 is 0 Å². The number of hydrogen-bond acceptors (Lipinski definition) is 2. The van der Waals surface area contributed by atoms with Gasteiger partial charge in [0.15, 0.2) is 0 Å². The van der Waals surface area contributed by atoms with Gasteiger partial charge in [-0.3, -0.25) is 0 Å². The third kappa shape index (κ3) is 1.78. The summed E-state index contributed by atoms with van der Waals surface area (Å²) < 4.78 is 13.0. The molecule has 1 heterocycles. The van der Waals surface area contributed by atoms with Gasteiger partial charge in [0.25, 0.3) is 0 Å². The second-order valence-electron chi connectivity index (χ2n) is 5.35. The van der Waals surface area contributed by atoms with Crippen LogP contribution in [-0.4, -0.2) is 18.2 Å². The van der Waals surface area contributed by atoms with Crippen LogP contribution in [0.5, 0.6) is 0 Å². The number of halogens is 1. The van der Waals surface area contributed by atoms with Gasteiger partial charge in [-0.2, -0.15) is 0 Å². The highest BCUT2D eigenvalue weighted by Crippen LogP contribution is 2.46. The van der Waals surface area contributed by atoms with Crippen LogP contribution >= 0.6 is 0 Å². The molecule has 1 aromatic carbocycles. The van der Waals surface area contributed by atoms with Crippen LogP contribution < -0.4 is 5.32 Å². The first kappa shape index (κ1) is 11.2. The van der Waals surface area contributed by atoms with Crippen molar-refractivity contribution in [3.63, 3.8) is 0 Å². The molecular weight excluding hydrogens is 217 g/mol. The molecule has 2 nitrogen and oxygen atoms in total. The maximum atomic E-state index is 13.0. The van der Waals surface area contributed by atoms with Gasteiger partial charge in [-0.25, -0.2) is 4.39 Å². The van der Waals surface area contributed by atoms with E-state index in [4.69, 9.17) is 0 Å². The molecule has 2 aliphatic rings. The first-order valence-electron chi connectivity index (χ1n) is 6.39. The van der Waals surface area contributed by atoms with Crippen molar-refractivity contribution >= 4 is 0 Å². The van der Waals surface area contributed by atoms with Gasteiger partial charge in [-0.15, -0.1) is 0 Å². The van der Waals surface area contributed by atoms with Crippen molar-refractivity contribution in [1.82, 2.24) is 5.32 Å². The standard InChI is InChI=1S/C14H18FNO/c15-12-5-3-11(4-6-12)14(17)7-1-2-10-8-16-9-13(10)14/h3-6,10,13,16-17H,1-2,7-9H2/t10-,13+,14-/m0/s1. The van der Waals surface area contributed by atoms with Crippen LogP contribution in [0.3, 0.4) is 0 Å². The predicted molar refractivity (Wildman–Crippen MR) is 64.0 cm³/mol. The summed E-state index contributed by atoms with van der Waals surface area (Å²) in [6.07, 6.45) is 3.04. The van der Waals surface area contributed by atoms with E-state index in [1.165, 1.54) is 18.6 Å². The zero-order valence-corrected chi connectivity index (χ0v) is 9.82. The normalized spacial score (nSPS) is 36.8. The van der Waals surface area contributed by atoms with Crippen molar-refractivity contribution in [3.8, 4) is 0 Å². The molecule has 0 spiro atoms. The SMILES string of the molecule is O[C@]1(c2ccc(F)cc2)CCC[C@H]2CNC[C@H]21. The van der Waals surface area contributed by atoms with Gasteiger partial charge in [0, 0.05) is 12.5 Å². The van der Waals surface area contributed by atoms with Crippen LogP contribution in [0.4, 0.5) is 4.39 Å². The van der Waals surface area contributed by atoms with Crippen LogP contribution in [0, 0.1) is 17.7 Å². The predicted octanol–water partition coefficient (Wildman–Crippen LogP) is 2.03. The van der Waals surface area contributed by atoms with Crippen LogP contribution in [0.1, 0.15) is 24.8 Å². The molecule has 1 aliphatic heterocycles. The Morgan fingerprint density at radius 2 is 2.00 bits per heavy atom. The second-order valence-corrected chi connectivity index (χ2v) is 5.35. The minimum absolute atomic E-state index is 0.241. The van der Waals surface area contributed by atoms with E-state index < -0.39 is 5.60 Å².